The van der Waals surface area contributed by atoms with E-state index in [2.05, 4.69) is 231 Å². The maximum Gasteiger partial charge on any atom is 0.0714 e. The van der Waals surface area contributed by atoms with Crippen molar-refractivity contribution in [3.8, 4) is 33.4 Å². The van der Waals surface area contributed by atoms with E-state index in [1.54, 1.807) is 0 Å². The van der Waals surface area contributed by atoms with Crippen LogP contribution >= 0.6 is 0 Å². The molecule has 0 saturated heterocycles. The predicted molar refractivity (Wildman–Crippen MR) is 239 cm³/mol. The molecule has 11 rings (SSSR count). The maximum atomic E-state index is 2.46. The number of nitrogens with zero attached hydrogens (tertiary/aromatic N) is 1. The molecule has 0 saturated carbocycles. The molecule has 0 spiro atoms. The first kappa shape index (κ1) is 33.4. The van der Waals surface area contributed by atoms with Gasteiger partial charge in [0, 0.05) is 22.4 Å². The molecule has 2 aliphatic carbocycles. The largest absolute Gasteiger partial charge is 0.310 e. The van der Waals surface area contributed by atoms with Crippen molar-refractivity contribution in [2.24, 2.45) is 0 Å². The first-order chi connectivity index (χ1) is 28.0. The van der Waals surface area contributed by atoms with E-state index in [-0.39, 0.29) is 5.41 Å². The Bertz CT molecular complexity index is 2990. The summed E-state index contributed by atoms with van der Waals surface area (Å²) in [6.07, 6.45) is 0. The van der Waals surface area contributed by atoms with Gasteiger partial charge in [-0.25, -0.2) is 0 Å². The third-order valence-corrected chi connectivity index (χ3v) is 12.7. The quantitative estimate of drug-likeness (QED) is 0.165. The van der Waals surface area contributed by atoms with E-state index >= 15 is 0 Å². The van der Waals surface area contributed by atoms with Gasteiger partial charge in [-0.2, -0.15) is 0 Å². The Labute approximate surface area is 335 Å². The number of rotatable bonds is 6. The maximum absolute atomic E-state index is 2.46. The molecule has 1 heteroatoms. The topological polar surface area (TPSA) is 3.24 Å². The zero-order valence-electron chi connectivity index (χ0n) is 32.2. The summed E-state index contributed by atoms with van der Waals surface area (Å²) in [6.45, 7) is 4.72. The van der Waals surface area contributed by atoms with E-state index in [4.69, 9.17) is 0 Å². The van der Waals surface area contributed by atoms with Crippen molar-refractivity contribution in [2.45, 2.75) is 24.7 Å². The van der Waals surface area contributed by atoms with Crippen LogP contribution in [0.5, 0.6) is 0 Å². The Kier molecular flexibility index (Phi) is 7.50. The van der Waals surface area contributed by atoms with Gasteiger partial charge in [0.2, 0.25) is 0 Å². The Morgan fingerprint density at radius 2 is 1.00 bits per heavy atom. The SMILES string of the molecule is CC1(C)c2ccccc2-c2ccc(N(c3ccccc3)c3ccccc3-c3cccc(C4(c5ccccc5)c5ccccc5-c5c4ccc4ccccc54)c3)cc21. The van der Waals surface area contributed by atoms with Gasteiger partial charge in [0.05, 0.1) is 11.1 Å². The molecule has 0 aliphatic heterocycles. The normalized spacial score (nSPS) is 15.8. The van der Waals surface area contributed by atoms with Crippen LogP contribution in [0, 0.1) is 0 Å². The van der Waals surface area contributed by atoms with E-state index in [1.165, 1.54) is 77.5 Å². The predicted octanol–water partition coefficient (Wildman–Crippen LogP) is 14.6. The fraction of sp³-hybridized carbons (Fsp3) is 0.0714. The lowest BCUT2D eigenvalue weighted by molar-refractivity contribution is 0.660. The van der Waals surface area contributed by atoms with Crippen LogP contribution in [-0.4, -0.2) is 0 Å². The van der Waals surface area contributed by atoms with Crippen LogP contribution in [0.2, 0.25) is 0 Å². The fourth-order valence-electron chi connectivity index (χ4n) is 10.2. The van der Waals surface area contributed by atoms with Crippen LogP contribution in [0.1, 0.15) is 47.2 Å². The summed E-state index contributed by atoms with van der Waals surface area (Å²) in [5.41, 5.74) is 18.4. The zero-order valence-corrected chi connectivity index (χ0v) is 32.2. The van der Waals surface area contributed by atoms with Gasteiger partial charge in [0.1, 0.15) is 0 Å². The lowest BCUT2D eigenvalue weighted by Crippen LogP contribution is -2.28. The van der Waals surface area contributed by atoms with Crippen LogP contribution in [0.15, 0.2) is 212 Å². The minimum absolute atomic E-state index is 0.108. The van der Waals surface area contributed by atoms with Gasteiger partial charge >= 0.3 is 0 Å². The molecule has 57 heavy (non-hydrogen) atoms. The first-order valence-electron chi connectivity index (χ1n) is 20.0. The molecule has 0 heterocycles. The second kappa shape index (κ2) is 12.8. The molecule has 1 nitrogen and oxygen atoms in total. The van der Waals surface area contributed by atoms with Gasteiger partial charge in [-0.1, -0.05) is 190 Å². The van der Waals surface area contributed by atoms with Crippen LogP contribution in [0.4, 0.5) is 17.1 Å². The number of fused-ring (bicyclic) bond motifs is 8. The van der Waals surface area contributed by atoms with Gasteiger partial charge in [0.15, 0.2) is 0 Å². The summed E-state index contributed by atoms with van der Waals surface area (Å²) in [5, 5.41) is 2.55. The second-order valence-corrected chi connectivity index (χ2v) is 16.0. The molecule has 1 unspecified atom stereocenters. The smallest absolute Gasteiger partial charge is 0.0714 e. The van der Waals surface area contributed by atoms with E-state index < -0.39 is 5.41 Å². The van der Waals surface area contributed by atoms with Crippen LogP contribution in [-0.2, 0) is 10.8 Å². The van der Waals surface area contributed by atoms with Gasteiger partial charge < -0.3 is 4.90 Å². The van der Waals surface area contributed by atoms with Gasteiger partial charge in [0.25, 0.3) is 0 Å². The third-order valence-electron chi connectivity index (χ3n) is 12.7. The minimum atomic E-state index is -0.512. The molecule has 0 bridgehead atoms. The number of anilines is 3. The molecule has 0 aromatic heterocycles. The second-order valence-electron chi connectivity index (χ2n) is 16.0. The number of hydrogen-bond donors (Lipinski definition) is 0. The van der Waals surface area contributed by atoms with E-state index in [1.807, 2.05) is 0 Å². The molecule has 0 radical (unpaired) electrons. The molecule has 9 aromatic carbocycles. The Balaban J connectivity index is 1.13. The molecule has 1 atom stereocenters. The van der Waals surface area contributed by atoms with Crippen molar-refractivity contribution < 1.29 is 0 Å². The molecule has 9 aromatic rings. The highest BCUT2D eigenvalue weighted by atomic mass is 15.1. The Hall–Kier alpha value is -6.96. The lowest BCUT2D eigenvalue weighted by Gasteiger charge is -2.34. The average Bonchev–Trinajstić information content (AvgIpc) is 3.71. The molecule has 0 N–H and O–H groups in total. The van der Waals surface area contributed by atoms with Crippen molar-refractivity contribution in [3.05, 3.63) is 246 Å². The van der Waals surface area contributed by atoms with Crippen LogP contribution in [0.3, 0.4) is 0 Å². The summed E-state index contributed by atoms with van der Waals surface area (Å²) < 4.78 is 0. The zero-order chi connectivity index (χ0) is 38.1. The van der Waals surface area contributed by atoms with Crippen molar-refractivity contribution >= 4 is 27.8 Å². The lowest BCUT2D eigenvalue weighted by atomic mass is 9.67. The highest BCUT2D eigenvalue weighted by Crippen LogP contribution is 2.58. The van der Waals surface area contributed by atoms with Crippen molar-refractivity contribution in [2.75, 3.05) is 4.90 Å². The van der Waals surface area contributed by atoms with E-state index in [9.17, 15) is 0 Å². The van der Waals surface area contributed by atoms with Crippen molar-refractivity contribution in [1.82, 2.24) is 0 Å². The first-order valence-corrected chi connectivity index (χ1v) is 20.0. The van der Waals surface area contributed by atoms with Crippen LogP contribution < -0.4 is 4.90 Å². The fourth-order valence-corrected chi connectivity index (χ4v) is 10.2. The highest BCUT2D eigenvalue weighted by Gasteiger charge is 2.46. The van der Waals surface area contributed by atoms with Gasteiger partial charge in [-0.3, -0.25) is 0 Å². The summed E-state index contributed by atoms with van der Waals surface area (Å²) in [6, 6.07) is 78.8. The van der Waals surface area contributed by atoms with Crippen molar-refractivity contribution in [3.63, 3.8) is 0 Å². The minimum Gasteiger partial charge on any atom is -0.310 e. The molecule has 2 aliphatic rings. The molecule has 0 fully saturated rings. The summed E-state index contributed by atoms with van der Waals surface area (Å²) in [5.74, 6) is 0. The molecule has 270 valence electrons. The van der Waals surface area contributed by atoms with Crippen LogP contribution in [0.25, 0.3) is 44.2 Å². The van der Waals surface area contributed by atoms with Gasteiger partial charge in [-0.15, -0.1) is 0 Å². The molecular weight excluding hydrogens is 687 g/mol. The number of hydrogen-bond acceptors (Lipinski definition) is 1. The molecular formula is C56H41N. The highest BCUT2D eigenvalue weighted by molar-refractivity contribution is 6.04. The average molecular weight is 728 g/mol. The number of para-hydroxylation sites is 2. The van der Waals surface area contributed by atoms with Crippen molar-refractivity contribution in [1.29, 1.82) is 0 Å². The van der Waals surface area contributed by atoms with Gasteiger partial charge in [-0.05, 0) is 108 Å². The van der Waals surface area contributed by atoms with E-state index in [0.717, 1.165) is 17.1 Å². The summed E-state index contributed by atoms with van der Waals surface area (Å²) in [7, 11) is 0. The monoisotopic (exact) mass is 727 g/mol. The standard InChI is InChI=1S/C56H41N/c1-55(2)49-29-14-11-27-46(49)47-34-33-43(37-52(47)55)57(42-23-7-4-8-24-42)53-31-16-13-25-44(53)39-19-17-22-41(36-39)56(40-20-5-3-6-21-40)50-30-15-12-28-48(50)54-45-26-10-9-18-38(45)32-35-51(54)56/h3-37H,1-2H3. The summed E-state index contributed by atoms with van der Waals surface area (Å²) >= 11 is 0. The molecule has 0 amide bonds. The summed E-state index contributed by atoms with van der Waals surface area (Å²) in [4.78, 5) is 2.45. The third kappa shape index (κ3) is 4.89. The Morgan fingerprint density at radius 1 is 0.368 bits per heavy atom. The van der Waals surface area contributed by atoms with E-state index in [0.29, 0.717) is 0 Å². The Morgan fingerprint density at radius 3 is 1.82 bits per heavy atom. The number of benzene rings is 9.